The van der Waals surface area contributed by atoms with E-state index in [4.69, 9.17) is 4.52 Å². The summed E-state index contributed by atoms with van der Waals surface area (Å²) < 4.78 is 33.7. The summed E-state index contributed by atoms with van der Waals surface area (Å²) in [5.41, 5.74) is 1.74. The first-order valence-electron chi connectivity index (χ1n) is 8.57. The molecule has 26 heavy (non-hydrogen) atoms. The lowest BCUT2D eigenvalue weighted by molar-refractivity contribution is 0.182. The van der Waals surface area contributed by atoms with Crippen LogP contribution in [-0.4, -0.2) is 49.0 Å². The molecule has 1 aliphatic heterocycles. The molecule has 8 heteroatoms. The molecule has 0 bridgehead atoms. The summed E-state index contributed by atoms with van der Waals surface area (Å²) in [5, 5.41) is 7.28. The molecule has 3 aromatic rings. The zero-order valence-electron chi connectivity index (χ0n) is 14.8. The predicted octanol–water partition coefficient (Wildman–Crippen LogP) is 3.01. The molecule has 0 unspecified atom stereocenters. The van der Waals surface area contributed by atoms with Crippen molar-refractivity contribution in [3.63, 3.8) is 0 Å². The molecule has 2 aromatic heterocycles. The van der Waals surface area contributed by atoms with E-state index >= 15 is 0 Å². The van der Waals surface area contributed by atoms with Gasteiger partial charge in [0.1, 0.15) is 10.6 Å². The van der Waals surface area contributed by atoms with Crippen LogP contribution in [0, 0.1) is 13.8 Å². The lowest BCUT2D eigenvalue weighted by Crippen LogP contribution is -2.48. The van der Waals surface area contributed by atoms with Gasteiger partial charge in [0.05, 0.1) is 0 Å². The molecule has 138 valence electrons. The Bertz CT molecular complexity index is 1010. The van der Waals surface area contributed by atoms with Crippen molar-refractivity contribution < 1.29 is 12.9 Å². The molecule has 0 spiro atoms. The molecule has 0 atom stereocenters. The number of nitrogens with zero attached hydrogens (tertiary/aromatic N) is 3. The van der Waals surface area contributed by atoms with E-state index in [-0.39, 0.29) is 4.90 Å². The number of aryl methyl sites for hydroxylation is 2. The van der Waals surface area contributed by atoms with Crippen molar-refractivity contribution in [3.8, 4) is 0 Å². The van der Waals surface area contributed by atoms with Gasteiger partial charge in [-0.1, -0.05) is 23.4 Å². The lowest BCUT2D eigenvalue weighted by Gasteiger charge is -2.33. The zero-order chi connectivity index (χ0) is 18.3. The van der Waals surface area contributed by atoms with Crippen molar-refractivity contribution >= 4 is 31.4 Å². The van der Waals surface area contributed by atoms with Crippen LogP contribution < -0.4 is 0 Å². The summed E-state index contributed by atoms with van der Waals surface area (Å²) in [7, 11) is -3.55. The zero-order valence-corrected chi connectivity index (χ0v) is 16.4. The molecule has 1 aliphatic rings. The van der Waals surface area contributed by atoms with Crippen LogP contribution in [0.3, 0.4) is 0 Å². The van der Waals surface area contributed by atoms with Gasteiger partial charge in [-0.3, -0.25) is 4.90 Å². The van der Waals surface area contributed by atoms with Gasteiger partial charge in [-0.2, -0.15) is 4.31 Å². The summed E-state index contributed by atoms with van der Waals surface area (Å²) in [6.07, 6.45) is 0. The number of aromatic nitrogens is 1. The van der Waals surface area contributed by atoms with Gasteiger partial charge in [-0.25, -0.2) is 8.42 Å². The molecule has 1 fully saturated rings. The summed E-state index contributed by atoms with van der Waals surface area (Å²) in [6, 6.07) is 8.41. The first-order chi connectivity index (χ1) is 12.5. The first-order valence-corrected chi connectivity index (χ1v) is 10.9. The van der Waals surface area contributed by atoms with Crippen LogP contribution in [0.15, 0.2) is 39.1 Å². The molecule has 0 saturated carbocycles. The highest BCUT2D eigenvalue weighted by Gasteiger charge is 2.33. The van der Waals surface area contributed by atoms with E-state index in [0.717, 1.165) is 6.54 Å². The van der Waals surface area contributed by atoms with Gasteiger partial charge >= 0.3 is 0 Å². The fourth-order valence-corrected chi connectivity index (χ4v) is 6.16. The molecule has 4 rings (SSSR count). The van der Waals surface area contributed by atoms with E-state index in [0.29, 0.717) is 37.6 Å². The van der Waals surface area contributed by atoms with Crippen LogP contribution in [0.1, 0.15) is 17.0 Å². The molecule has 3 heterocycles. The van der Waals surface area contributed by atoms with Gasteiger partial charge in [-0.15, -0.1) is 11.3 Å². The Kier molecular flexibility index (Phi) is 4.60. The number of hydrogen-bond acceptors (Lipinski definition) is 6. The third-order valence-electron chi connectivity index (χ3n) is 4.85. The molecular weight excluding hydrogens is 370 g/mol. The molecule has 0 aliphatic carbocycles. The first kappa shape index (κ1) is 17.7. The second-order valence-electron chi connectivity index (χ2n) is 6.59. The molecule has 0 N–H and O–H groups in total. The monoisotopic (exact) mass is 391 g/mol. The van der Waals surface area contributed by atoms with Gasteiger partial charge in [0.25, 0.3) is 0 Å². The normalized spacial score (nSPS) is 17.2. The van der Waals surface area contributed by atoms with Gasteiger partial charge < -0.3 is 4.52 Å². The van der Waals surface area contributed by atoms with Gasteiger partial charge in [-0.05, 0) is 36.2 Å². The average Bonchev–Trinajstić information content (AvgIpc) is 3.19. The number of sulfonamides is 1. The van der Waals surface area contributed by atoms with E-state index < -0.39 is 10.0 Å². The minimum absolute atomic E-state index is 0.217. The van der Waals surface area contributed by atoms with Crippen LogP contribution in [0.4, 0.5) is 0 Å². The maximum Gasteiger partial charge on any atom is 0.248 e. The third kappa shape index (κ3) is 3.07. The van der Waals surface area contributed by atoms with Crippen LogP contribution in [0.5, 0.6) is 0 Å². The van der Waals surface area contributed by atoms with E-state index in [2.05, 4.69) is 39.7 Å². The van der Waals surface area contributed by atoms with Gasteiger partial charge in [0, 0.05) is 37.4 Å². The van der Waals surface area contributed by atoms with Gasteiger partial charge in [0.2, 0.25) is 10.0 Å². The number of hydrogen-bond donors (Lipinski definition) is 0. The van der Waals surface area contributed by atoms with Crippen LogP contribution >= 0.6 is 11.3 Å². The van der Waals surface area contributed by atoms with Crippen molar-refractivity contribution in [2.45, 2.75) is 25.3 Å². The summed E-state index contributed by atoms with van der Waals surface area (Å²) in [4.78, 5) is 2.53. The van der Waals surface area contributed by atoms with Crippen molar-refractivity contribution in [1.29, 1.82) is 0 Å². The standard InChI is InChI=1S/C18H21N3O3S2/c1-13-18(14(2)24-19-13)26(22,23)21-9-7-20(8-10-21)11-15-12-25-17-6-4-3-5-16(15)17/h3-6,12H,7-11H2,1-2H3. The molecule has 1 saturated heterocycles. The molecular formula is C18H21N3O3S2. The van der Waals surface area contributed by atoms with E-state index in [1.807, 2.05) is 0 Å². The minimum atomic E-state index is -3.55. The molecule has 6 nitrogen and oxygen atoms in total. The fraction of sp³-hybridized carbons (Fsp3) is 0.389. The van der Waals surface area contributed by atoms with Crippen LogP contribution in [-0.2, 0) is 16.6 Å². The summed E-state index contributed by atoms with van der Waals surface area (Å²) in [6.45, 7) is 6.55. The molecule has 0 radical (unpaired) electrons. The Morgan fingerprint density at radius 1 is 1.15 bits per heavy atom. The molecule has 1 aromatic carbocycles. The second kappa shape index (κ2) is 6.77. The van der Waals surface area contributed by atoms with E-state index in [1.54, 1.807) is 29.5 Å². The predicted molar refractivity (Wildman–Crippen MR) is 102 cm³/mol. The van der Waals surface area contributed by atoms with Gasteiger partial charge in [0.15, 0.2) is 5.76 Å². The highest BCUT2D eigenvalue weighted by atomic mass is 32.2. The Labute approximate surface area is 157 Å². The number of thiophene rings is 1. The number of piperazine rings is 1. The minimum Gasteiger partial charge on any atom is -0.360 e. The van der Waals surface area contributed by atoms with Crippen LogP contribution in [0.25, 0.3) is 10.1 Å². The quantitative estimate of drug-likeness (QED) is 0.684. The van der Waals surface area contributed by atoms with E-state index in [1.165, 1.54) is 15.6 Å². The average molecular weight is 392 g/mol. The van der Waals surface area contributed by atoms with E-state index in [9.17, 15) is 8.42 Å². The number of fused-ring (bicyclic) bond motifs is 1. The Hall–Kier alpha value is -1.74. The Balaban J connectivity index is 1.46. The topological polar surface area (TPSA) is 66.7 Å². The number of rotatable bonds is 4. The SMILES string of the molecule is Cc1noc(C)c1S(=O)(=O)N1CCN(Cc2csc3ccccc23)CC1. The fourth-order valence-electron chi connectivity index (χ4n) is 3.50. The third-order valence-corrected chi connectivity index (χ3v) is 8.01. The summed E-state index contributed by atoms with van der Waals surface area (Å²) >= 11 is 1.76. The lowest BCUT2D eigenvalue weighted by atomic mass is 10.1. The van der Waals surface area contributed by atoms with Crippen molar-refractivity contribution in [1.82, 2.24) is 14.4 Å². The Morgan fingerprint density at radius 2 is 1.88 bits per heavy atom. The summed E-state index contributed by atoms with van der Waals surface area (Å²) in [5.74, 6) is 0.356. The number of benzene rings is 1. The largest absolute Gasteiger partial charge is 0.360 e. The second-order valence-corrected chi connectivity index (χ2v) is 9.38. The van der Waals surface area contributed by atoms with Crippen molar-refractivity contribution in [3.05, 3.63) is 46.7 Å². The maximum absolute atomic E-state index is 12.9. The molecule has 0 amide bonds. The highest BCUT2D eigenvalue weighted by molar-refractivity contribution is 7.89. The smallest absolute Gasteiger partial charge is 0.248 e. The van der Waals surface area contributed by atoms with Crippen molar-refractivity contribution in [2.75, 3.05) is 26.2 Å². The Morgan fingerprint density at radius 3 is 2.58 bits per heavy atom. The maximum atomic E-state index is 12.9. The highest BCUT2D eigenvalue weighted by Crippen LogP contribution is 2.28. The van der Waals surface area contributed by atoms with Crippen LogP contribution in [0.2, 0.25) is 0 Å². The van der Waals surface area contributed by atoms with Crippen molar-refractivity contribution in [2.24, 2.45) is 0 Å².